The third-order valence-electron chi connectivity index (χ3n) is 6.82. The molecule has 41 heavy (non-hydrogen) atoms. The van der Waals surface area contributed by atoms with Gasteiger partial charge in [-0.25, -0.2) is 9.59 Å². The number of alkyl halides is 6. The fraction of sp³-hybridized carbons (Fsp3) is 0.560. The van der Waals surface area contributed by atoms with E-state index < -0.39 is 24.3 Å². The van der Waals surface area contributed by atoms with E-state index in [-0.39, 0.29) is 5.91 Å². The first-order valence-electron chi connectivity index (χ1n) is 12.5. The van der Waals surface area contributed by atoms with E-state index >= 15 is 0 Å². The largest absolute Gasteiger partial charge is 0.490 e. The average Bonchev–Trinajstić information content (AvgIpc) is 3.30. The lowest BCUT2D eigenvalue weighted by atomic mass is 9.71. The van der Waals surface area contributed by atoms with E-state index in [1.165, 1.54) is 18.4 Å². The first-order valence-corrected chi connectivity index (χ1v) is 12.5. The second-order valence-corrected chi connectivity index (χ2v) is 9.82. The summed E-state index contributed by atoms with van der Waals surface area (Å²) in [5.74, 6) is -5.27. The Bertz CT molecular complexity index is 1110. The topological polar surface area (TPSA) is 129 Å². The van der Waals surface area contributed by atoms with Gasteiger partial charge in [0.15, 0.2) is 0 Å². The standard InChI is InChI=1S/C21H29N5O.2C2HF3O2/c1-24-16-19(15-23-24)17-25-9-4-21(5-10-25)6-11-26(12-7-21)20(27)13-18-3-2-8-22-14-18;2*3-2(4,5)1(6)7/h2-3,8,14-16H,4-7,9-13,17H2,1H3;2*(H,6,7). The lowest BCUT2D eigenvalue weighted by Crippen LogP contribution is -2.48. The predicted molar refractivity (Wildman–Crippen MR) is 131 cm³/mol. The summed E-state index contributed by atoms with van der Waals surface area (Å²) in [4.78, 5) is 39.1. The molecule has 2 aliphatic heterocycles. The van der Waals surface area contributed by atoms with Crippen LogP contribution in [0.5, 0.6) is 0 Å². The quantitative estimate of drug-likeness (QED) is 0.514. The number of carboxylic acids is 2. The molecule has 4 heterocycles. The zero-order valence-corrected chi connectivity index (χ0v) is 22.2. The number of nitrogens with zero attached hydrogens (tertiary/aromatic N) is 5. The Morgan fingerprint density at radius 3 is 1.80 bits per heavy atom. The van der Waals surface area contributed by atoms with Crippen LogP contribution in [0.4, 0.5) is 26.3 Å². The Labute approximate surface area is 231 Å². The lowest BCUT2D eigenvalue weighted by Gasteiger charge is -2.47. The summed E-state index contributed by atoms with van der Waals surface area (Å²) in [6.07, 6.45) is 2.71. The van der Waals surface area contributed by atoms with Gasteiger partial charge in [0.1, 0.15) is 0 Å². The van der Waals surface area contributed by atoms with Crippen molar-refractivity contribution in [2.45, 2.75) is 51.0 Å². The highest BCUT2D eigenvalue weighted by atomic mass is 19.4. The Balaban J connectivity index is 0.000000349. The van der Waals surface area contributed by atoms with E-state index in [4.69, 9.17) is 19.8 Å². The number of rotatable bonds is 4. The molecular formula is C25H31F6N5O5. The maximum Gasteiger partial charge on any atom is 0.490 e. The van der Waals surface area contributed by atoms with Crippen LogP contribution in [-0.4, -0.2) is 91.2 Å². The zero-order chi connectivity index (χ0) is 30.8. The minimum absolute atomic E-state index is 0.242. The van der Waals surface area contributed by atoms with Gasteiger partial charge in [-0.05, 0) is 55.8 Å². The fourth-order valence-corrected chi connectivity index (χ4v) is 4.52. The van der Waals surface area contributed by atoms with Crippen molar-refractivity contribution in [3.05, 3.63) is 48.0 Å². The molecule has 2 aromatic rings. The lowest BCUT2D eigenvalue weighted by molar-refractivity contribution is -0.193. The minimum Gasteiger partial charge on any atom is -0.475 e. The zero-order valence-electron chi connectivity index (χ0n) is 22.2. The Morgan fingerprint density at radius 1 is 0.878 bits per heavy atom. The van der Waals surface area contributed by atoms with Gasteiger partial charge in [-0.1, -0.05) is 6.07 Å². The molecule has 228 valence electrons. The van der Waals surface area contributed by atoms with Crippen LogP contribution in [0.3, 0.4) is 0 Å². The summed E-state index contributed by atoms with van der Waals surface area (Å²) in [5.41, 5.74) is 2.74. The molecule has 4 rings (SSSR count). The third-order valence-corrected chi connectivity index (χ3v) is 6.82. The SMILES string of the molecule is Cn1cc(CN2CCC3(CC2)CCN(C(=O)Cc2cccnc2)CC3)cn1.O=C(O)C(F)(F)F.O=C(O)C(F)(F)F. The summed E-state index contributed by atoms with van der Waals surface area (Å²) in [6, 6.07) is 3.88. The minimum atomic E-state index is -5.08. The van der Waals surface area contributed by atoms with Gasteiger partial charge in [0, 0.05) is 50.8 Å². The van der Waals surface area contributed by atoms with E-state index in [1.807, 2.05) is 30.1 Å². The second-order valence-electron chi connectivity index (χ2n) is 9.82. The van der Waals surface area contributed by atoms with Gasteiger partial charge < -0.3 is 15.1 Å². The Kier molecular flexibility index (Phi) is 11.7. The number of carboxylic acid groups (broad SMARTS) is 2. The summed E-state index contributed by atoms with van der Waals surface area (Å²) >= 11 is 0. The van der Waals surface area contributed by atoms with Crippen LogP contribution in [0.2, 0.25) is 0 Å². The molecule has 0 radical (unpaired) electrons. The molecule has 16 heteroatoms. The number of carbonyl (C=O) groups excluding carboxylic acids is 1. The van der Waals surface area contributed by atoms with Crippen molar-refractivity contribution < 1.29 is 50.9 Å². The normalized spacial score (nSPS) is 17.1. The van der Waals surface area contributed by atoms with Gasteiger partial charge in [0.05, 0.1) is 12.6 Å². The van der Waals surface area contributed by atoms with Crippen LogP contribution in [0.1, 0.15) is 36.8 Å². The van der Waals surface area contributed by atoms with Crippen LogP contribution >= 0.6 is 0 Å². The van der Waals surface area contributed by atoms with Crippen molar-refractivity contribution in [1.82, 2.24) is 24.6 Å². The number of piperidine rings is 2. The molecule has 0 bridgehead atoms. The van der Waals surface area contributed by atoms with Crippen molar-refractivity contribution in [3.8, 4) is 0 Å². The molecule has 0 aromatic carbocycles. The molecule has 2 aromatic heterocycles. The highest BCUT2D eigenvalue weighted by molar-refractivity contribution is 5.78. The van der Waals surface area contributed by atoms with Crippen molar-refractivity contribution in [3.63, 3.8) is 0 Å². The molecular weight excluding hydrogens is 564 g/mol. The van der Waals surface area contributed by atoms with E-state index in [2.05, 4.69) is 26.1 Å². The van der Waals surface area contributed by atoms with E-state index in [1.54, 1.807) is 12.4 Å². The van der Waals surface area contributed by atoms with Gasteiger partial charge in [-0.3, -0.25) is 19.4 Å². The maximum absolute atomic E-state index is 12.6. The number of aliphatic carboxylic acids is 2. The first kappa shape index (κ1) is 33.5. The monoisotopic (exact) mass is 595 g/mol. The highest BCUT2D eigenvalue weighted by Gasteiger charge is 2.39. The number of aryl methyl sites for hydroxylation is 1. The molecule has 0 aliphatic carbocycles. The molecule has 2 fully saturated rings. The van der Waals surface area contributed by atoms with E-state index in [9.17, 15) is 31.1 Å². The number of amides is 1. The Morgan fingerprint density at radius 2 is 1.39 bits per heavy atom. The molecule has 0 unspecified atom stereocenters. The van der Waals surface area contributed by atoms with Crippen LogP contribution < -0.4 is 0 Å². The first-order chi connectivity index (χ1) is 19.0. The van der Waals surface area contributed by atoms with Crippen LogP contribution in [-0.2, 0) is 34.4 Å². The van der Waals surface area contributed by atoms with Crippen molar-refractivity contribution in [2.75, 3.05) is 26.2 Å². The Hall–Kier alpha value is -3.69. The summed E-state index contributed by atoms with van der Waals surface area (Å²) < 4.78 is 65.3. The number of halogens is 6. The number of pyridine rings is 1. The van der Waals surface area contributed by atoms with Crippen molar-refractivity contribution in [2.24, 2.45) is 12.5 Å². The van der Waals surface area contributed by atoms with Crippen LogP contribution in [0.15, 0.2) is 36.9 Å². The average molecular weight is 596 g/mol. The van der Waals surface area contributed by atoms with E-state index in [0.717, 1.165) is 51.1 Å². The number of likely N-dealkylation sites (tertiary alicyclic amines) is 2. The predicted octanol–water partition coefficient (Wildman–Crippen LogP) is 3.53. The van der Waals surface area contributed by atoms with Gasteiger partial charge >= 0.3 is 24.3 Å². The molecule has 0 saturated carbocycles. The fourth-order valence-electron chi connectivity index (χ4n) is 4.52. The molecule has 0 atom stereocenters. The second kappa shape index (κ2) is 14.3. The smallest absolute Gasteiger partial charge is 0.475 e. The maximum atomic E-state index is 12.6. The van der Waals surface area contributed by atoms with Gasteiger partial charge in [0.2, 0.25) is 5.91 Å². The number of hydrogen-bond acceptors (Lipinski definition) is 6. The summed E-state index contributed by atoms with van der Waals surface area (Å²) in [6.45, 7) is 5.11. The van der Waals surface area contributed by atoms with Gasteiger partial charge in [-0.15, -0.1) is 0 Å². The van der Waals surface area contributed by atoms with Gasteiger partial charge in [-0.2, -0.15) is 31.4 Å². The van der Waals surface area contributed by atoms with E-state index in [0.29, 0.717) is 11.8 Å². The molecule has 10 nitrogen and oxygen atoms in total. The molecule has 1 amide bonds. The highest BCUT2D eigenvalue weighted by Crippen LogP contribution is 2.41. The van der Waals surface area contributed by atoms with Crippen LogP contribution in [0, 0.1) is 5.41 Å². The molecule has 2 saturated heterocycles. The van der Waals surface area contributed by atoms with Crippen LogP contribution in [0.25, 0.3) is 0 Å². The van der Waals surface area contributed by atoms with Crippen molar-refractivity contribution in [1.29, 1.82) is 0 Å². The molecule has 2 aliphatic rings. The summed E-state index contributed by atoms with van der Waals surface area (Å²) in [7, 11) is 1.97. The number of hydrogen-bond donors (Lipinski definition) is 2. The number of carbonyl (C=O) groups is 3. The van der Waals surface area contributed by atoms with Gasteiger partial charge in [0.25, 0.3) is 0 Å². The molecule has 2 N–H and O–H groups in total. The summed E-state index contributed by atoms with van der Waals surface area (Å²) in [5, 5.41) is 18.5. The molecule has 1 spiro atoms. The number of aromatic nitrogens is 3. The third kappa shape index (κ3) is 11.4. The van der Waals surface area contributed by atoms with Crippen molar-refractivity contribution >= 4 is 17.8 Å².